The molecule has 0 aromatic heterocycles. The molecule has 2 heterocycles. The molecule has 6 atom stereocenters. The van der Waals surface area contributed by atoms with Gasteiger partial charge in [-0.25, -0.2) is 0 Å². The van der Waals surface area contributed by atoms with Crippen LogP contribution in [0.4, 0.5) is 0 Å². The molecule has 0 spiro atoms. The second kappa shape index (κ2) is 19.0. The van der Waals surface area contributed by atoms with Crippen molar-refractivity contribution in [3.63, 3.8) is 0 Å². The lowest BCUT2D eigenvalue weighted by Gasteiger charge is -2.24. The number of aliphatic hydroxyl groups is 2. The van der Waals surface area contributed by atoms with Gasteiger partial charge in [-0.1, -0.05) is 117 Å². The zero-order valence-electron chi connectivity index (χ0n) is 22.7. The fourth-order valence-corrected chi connectivity index (χ4v) is 5.84. The lowest BCUT2D eigenvalue weighted by molar-refractivity contribution is -0.110. The second-order valence-electron chi connectivity index (χ2n) is 11.2. The van der Waals surface area contributed by atoms with Crippen molar-refractivity contribution in [2.75, 3.05) is 0 Å². The van der Waals surface area contributed by atoms with Crippen molar-refractivity contribution in [2.45, 2.75) is 192 Å². The van der Waals surface area contributed by atoms with Gasteiger partial charge in [0.1, 0.15) is 0 Å². The van der Waals surface area contributed by atoms with E-state index >= 15 is 0 Å². The predicted octanol–water partition coefficient (Wildman–Crippen LogP) is 7.87. The van der Waals surface area contributed by atoms with Gasteiger partial charge in [0.15, 0.2) is 0 Å². The molecule has 2 fully saturated rings. The smallest absolute Gasteiger partial charge is 0.0842 e. The van der Waals surface area contributed by atoms with E-state index in [0.717, 1.165) is 51.4 Å². The Labute approximate surface area is 211 Å². The van der Waals surface area contributed by atoms with E-state index in [1.165, 1.54) is 89.9 Å². The van der Waals surface area contributed by atoms with Gasteiger partial charge in [0.05, 0.1) is 36.6 Å². The highest BCUT2D eigenvalue weighted by molar-refractivity contribution is 4.89. The third-order valence-corrected chi connectivity index (χ3v) is 8.15. The second-order valence-corrected chi connectivity index (χ2v) is 11.2. The van der Waals surface area contributed by atoms with Crippen molar-refractivity contribution in [2.24, 2.45) is 0 Å². The van der Waals surface area contributed by atoms with Crippen LogP contribution in [0.25, 0.3) is 0 Å². The van der Waals surface area contributed by atoms with Crippen molar-refractivity contribution >= 4 is 0 Å². The molecule has 2 rings (SSSR count). The zero-order chi connectivity index (χ0) is 24.4. The molecule has 2 saturated heterocycles. The minimum atomic E-state index is -0.338. The average Bonchev–Trinajstić information content (AvgIpc) is 3.52. The third kappa shape index (κ3) is 12.2. The van der Waals surface area contributed by atoms with Crippen LogP contribution in [-0.4, -0.2) is 46.8 Å². The molecule has 4 nitrogen and oxygen atoms in total. The van der Waals surface area contributed by atoms with Gasteiger partial charge >= 0.3 is 0 Å². The first-order valence-electron chi connectivity index (χ1n) is 15.3. The third-order valence-electron chi connectivity index (χ3n) is 8.15. The number of unbranched alkanes of at least 4 members (excludes halogenated alkanes) is 14. The molecule has 0 aromatic rings. The highest BCUT2D eigenvalue weighted by Crippen LogP contribution is 2.34. The summed E-state index contributed by atoms with van der Waals surface area (Å²) in [4.78, 5) is 0. The van der Waals surface area contributed by atoms with Crippen LogP contribution in [0, 0.1) is 0 Å². The highest BCUT2D eigenvalue weighted by Gasteiger charge is 2.40. The summed E-state index contributed by atoms with van der Waals surface area (Å²) in [6.07, 6.45) is 25.7. The van der Waals surface area contributed by atoms with E-state index in [-0.39, 0.29) is 36.6 Å². The SMILES string of the molecule is CCCCCCCCCC[C@@H](O)[C@H]1CC[C@H]([C@H]2CC[C@@H]([C@@H](O)CCCCCCCCCC)O2)O1. The Hall–Kier alpha value is -0.160. The first-order chi connectivity index (χ1) is 16.7. The average molecular weight is 483 g/mol. The Morgan fingerprint density at radius 2 is 0.824 bits per heavy atom. The van der Waals surface area contributed by atoms with Crippen LogP contribution in [0.2, 0.25) is 0 Å². The molecular weight excluding hydrogens is 424 g/mol. The van der Waals surface area contributed by atoms with Gasteiger partial charge in [0.25, 0.3) is 0 Å². The molecular formula is C30H58O4. The van der Waals surface area contributed by atoms with E-state index in [4.69, 9.17) is 9.47 Å². The van der Waals surface area contributed by atoms with Crippen LogP contribution in [0.1, 0.15) is 155 Å². The number of ether oxygens (including phenoxy) is 2. The van der Waals surface area contributed by atoms with Crippen molar-refractivity contribution in [3.8, 4) is 0 Å². The first kappa shape index (κ1) is 30.1. The number of rotatable bonds is 21. The van der Waals surface area contributed by atoms with Crippen LogP contribution in [0.15, 0.2) is 0 Å². The van der Waals surface area contributed by atoms with Crippen molar-refractivity contribution in [1.82, 2.24) is 0 Å². The number of hydrogen-bond acceptors (Lipinski definition) is 4. The van der Waals surface area contributed by atoms with Gasteiger partial charge in [-0.15, -0.1) is 0 Å². The van der Waals surface area contributed by atoms with Crippen LogP contribution < -0.4 is 0 Å². The Morgan fingerprint density at radius 1 is 0.500 bits per heavy atom. The van der Waals surface area contributed by atoms with E-state index in [0.29, 0.717) is 0 Å². The van der Waals surface area contributed by atoms with Gasteiger partial charge in [0.2, 0.25) is 0 Å². The highest BCUT2D eigenvalue weighted by atomic mass is 16.6. The topological polar surface area (TPSA) is 58.9 Å². The predicted molar refractivity (Wildman–Crippen MR) is 142 cm³/mol. The normalized spacial score (nSPS) is 26.8. The maximum atomic E-state index is 10.6. The molecule has 0 amide bonds. The standard InChI is InChI=1S/C30H58O4/c1-3-5-7-9-11-13-15-17-19-25(31)27-21-23-29(33-27)30-24-22-28(34-30)26(32)20-18-16-14-12-10-8-6-4-2/h25-32H,3-24H2,1-2H3/t25-,26+,27-,28+,29-,30-/m1/s1. The summed E-state index contributed by atoms with van der Waals surface area (Å²) in [7, 11) is 0. The minimum Gasteiger partial charge on any atom is -0.390 e. The number of aliphatic hydroxyl groups excluding tert-OH is 2. The Balaban J connectivity index is 1.51. The molecule has 202 valence electrons. The van der Waals surface area contributed by atoms with Gasteiger partial charge < -0.3 is 19.7 Å². The monoisotopic (exact) mass is 482 g/mol. The minimum absolute atomic E-state index is 0.0283. The molecule has 34 heavy (non-hydrogen) atoms. The lowest BCUT2D eigenvalue weighted by Crippen LogP contribution is -2.33. The summed E-state index contributed by atoms with van der Waals surface area (Å²) in [5.41, 5.74) is 0. The van der Waals surface area contributed by atoms with Crippen molar-refractivity contribution in [3.05, 3.63) is 0 Å². The molecule has 0 bridgehead atoms. The zero-order valence-corrected chi connectivity index (χ0v) is 22.7. The van der Waals surface area contributed by atoms with Crippen LogP contribution in [0.3, 0.4) is 0 Å². The molecule has 0 aromatic carbocycles. The fourth-order valence-electron chi connectivity index (χ4n) is 5.84. The van der Waals surface area contributed by atoms with E-state index in [9.17, 15) is 10.2 Å². The summed E-state index contributed by atoms with van der Waals surface area (Å²) in [6, 6.07) is 0. The Morgan fingerprint density at radius 3 is 1.18 bits per heavy atom. The fraction of sp³-hybridized carbons (Fsp3) is 1.00. The summed E-state index contributed by atoms with van der Waals surface area (Å²) in [5, 5.41) is 21.2. The molecule has 2 aliphatic rings. The summed E-state index contributed by atoms with van der Waals surface area (Å²) in [6.45, 7) is 4.52. The lowest BCUT2D eigenvalue weighted by atomic mass is 10.0. The molecule has 2 N–H and O–H groups in total. The molecule has 0 unspecified atom stereocenters. The molecule has 2 aliphatic heterocycles. The van der Waals surface area contributed by atoms with Gasteiger partial charge in [0, 0.05) is 0 Å². The van der Waals surface area contributed by atoms with Crippen LogP contribution in [-0.2, 0) is 9.47 Å². The maximum Gasteiger partial charge on any atom is 0.0842 e. The quantitative estimate of drug-likeness (QED) is 0.163. The van der Waals surface area contributed by atoms with Crippen LogP contribution in [0.5, 0.6) is 0 Å². The van der Waals surface area contributed by atoms with Gasteiger partial charge in [-0.3, -0.25) is 0 Å². The van der Waals surface area contributed by atoms with E-state index < -0.39 is 0 Å². The molecule has 4 heteroatoms. The van der Waals surface area contributed by atoms with Crippen molar-refractivity contribution < 1.29 is 19.7 Å². The largest absolute Gasteiger partial charge is 0.390 e. The van der Waals surface area contributed by atoms with Crippen molar-refractivity contribution in [1.29, 1.82) is 0 Å². The van der Waals surface area contributed by atoms with E-state index in [1.807, 2.05) is 0 Å². The van der Waals surface area contributed by atoms with Gasteiger partial charge in [-0.05, 0) is 38.5 Å². The van der Waals surface area contributed by atoms with E-state index in [2.05, 4.69) is 13.8 Å². The molecule has 0 aliphatic carbocycles. The summed E-state index contributed by atoms with van der Waals surface area (Å²) < 4.78 is 12.5. The molecule has 0 saturated carbocycles. The molecule has 0 radical (unpaired) electrons. The Kier molecular flexibility index (Phi) is 16.8. The van der Waals surface area contributed by atoms with Crippen LogP contribution >= 0.6 is 0 Å². The van der Waals surface area contributed by atoms with Gasteiger partial charge in [-0.2, -0.15) is 0 Å². The number of hydrogen-bond donors (Lipinski definition) is 2. The summed E-state index contributed by atoms with van der Waals surface area (Å²) in [5.74, 6) is 0. The summed E-state index contributed by atoms with van der Waals surface area (Å²) >= 11 is 0. The van der Waals surface area contributed by atoms with E-state index in [1.54, 1.807) is 0 Å². The first-order valence-corrected chi connectivity index (χ1v) is 15.3. The Bertz CT molecular complexity index is 429. The maximum absolute atomic E-state index is 10.6.